The largest absolute Gasteiger partial charge is 0.492 e. The molecule has 0 aliphatic carbocycles. The number of likely N-dealkylation sites (N-methyl/N-ethyl adjacent to an activating group) is 1. The lowest BCUT2D eigenvalue weighted by atomic mass is 10.1. The molecule has 0 unspecified atom stereocenters. The summed E-state index contributed by atoms with van der Waals surface area (Å²) < 4.78 is 7.92. The Labute approximate surface area is 153 Å². The van der Waals surface area contributed by atoms with Gasteiger partial charge >= 0.3 is 0 Å². The van der Waals surface area contributed by atoms with Gasteiger partial charge in [-0.1, -0.05) is 17.7 Å². The standard InChI is InChI=1S/C16H23N3O.2CH2O2/c1-14-4-5-16(15(2)12-14)20-11-10-18(3)8-9-19-7-6-17-13-19;2*2-1-3/h4-7,12-13H,8-11H2,1-3H3;2*1H,(H,2,3). The number of aromatic nitrogens is 2. The second-order valence-electron chi connectivity index (χ2n) is 5.43. The molecule has 1 heterocycles. The molecule has 144 valence electrons. The van der Waals surface area contributed by atoms with E-state index >= 15 is 0 Å². The van der Waals surface area contributed by atoms with Crippen molar-refractivity contribution in [3.63, 3.8) is 0 Å². The van der Waals surface area contributed by atoms with E-state index in [0.29, 0.717) is 6.61 Å². The number of imidazole rings is 1. The second kappa shape index (κ2) is 14.5. The normalized spacial score (nSPS) is 9.38. The Hall–Kier alpha value is -2.87. The van der Waals surface area contributed by atoms with Crippen LogP contribution in [0.3, 0.4) is 0 Å². The molecule has 0 amide bonds. The summed E-state index contributed by atoms with van der Waals surface area (Å²) in [6.07, 6.45) is 5.64. The van der Waals surface area contributed by atoms with E-state index in [0.717, 1.165) is 25.4 Å². The van der Waals surface area contributed by atoms with E-state index in [2.05, 4.69) is 53.5 Å². The maximum absolute atomic E-state index is 8.36. The van der Waals surface area contributed by atoms with Crippen LogP contribution < -0.4 is 4.74 Å². The Bertz CT molecular complexity index is 611. The Morgan fingerprint density at radius 1 is 1.19 bits per heavy atom. The van der Waals surface area contributed by atoms with Gasteiger partial charge in [0, 0.05) is 32.0 Å². The smallest absolute Gasteiger partial charge is 0.290 e. The number of carboxylic acid groups (broad SMARTS) is 2. The summed E-state index contributed by atoms with van der Waals surface area (Å²) in [6.45, 7) is 7.27. The van der Waals surface area contributed by atoms with Gasteiger partial charge in [0.1, 0.15) is 12.4 Å². The fourth-order valence-electron chi connectivity index (χ4n) is 2.09. The predicted molar refractivity (Wildman–Crippen MR) is 98.5 cm³/mol. The van der Waals surface area contributed by atoms with Crippen LogP contribution in [0.4, 0.5) is 0 Å². The summed E-state index contributed by atoms with van der Waals surface area (Å²) in [5.41, 5.74) is 2.47. The van der Waals surface area contributed by atoms with Crippen molar-refractivity contribution in [3.8, 4) is 5.75 Å². The third-order valence-electron chi connectivity index (χ3n) is 3.36. The number of nitrogens with zero attached hydrogens (tertiary/aromatic N) is 3. The lowest BCUT2D eigenvalue weighted by Crippen LogP contribution is -2.27. The molecule has 1 aromatic heterocycles. The van der Waals surface area contributed by atoms with Gasteiger partial charge in [-0.3, -0.25) is 9.59 Å². The molecule has 0 saturated heterocycles. The molecule has 0 aliphatic rings. The summed E-state index contributed by atoms with van der Waals surface area (Å²) in [7, 11) is 2.11. The van der Waals surface area contributed by atoms with Crippen molar-refractivity contribution in [2.24, 2.45) is 0 Å². The molecule has 2 rings (SSSR count). The summed E-state index contributed by atoms with van der Waals surface area (Å²) in [6, 6.07) is 6.29. The first-order valence-electron chi connectivity index (χ1n) is 7.98. The van der Waals surface area contributed by atoms with Crippen molar-refractivity contribution in [2.75, 3.05) is 26.7 Å². The Kier molecular flexibility index (Phi) is 12.9. The molecular formula is C18H27N3O5. The monoisotopic (exact) mass is 365 g/mol. The van der Waals surface area contributed by atoms with Gasteiger partial charge in [-0.05, 0) is 32.5 Å². The molecule has 8 nitrogen and oxygen atoms in total. The molecule has 0 bridgehead atoms. The average Bonchev–Trinajstić information content (AvgIpc) is 3.10. The first-order valence-corrected chi connectivity index (χ1v) is 7.98. The fourth-order valence-corrected chi connectivity index (χ4v) is 2.09. The van der Waals surface area contributed by atoms with Gasteiger partial charge in [0.15, 0.2) is 0 Å². The molecule has 0 radical (unpaired) electrons. The fraction of sp³-hybridized carbons (Fsp3) is 0.389. The maximum atomic E-state index is 8.36. The molecule has 0 spiro atoms. The van der Waals surface area contributed by atoms with Crippen molar-refractivity contribution < 1.29 is 24.5 Å². The van der Waals surface area contributed by atoms with Crippen molar-refractivity contribution in [1.82, 2.24) is 14.5 Å². The number of carbonyl (C=O) groups is 2. The van der Waals surface area contributed by atoms with E-state index in [9.17, 15) is 0 Å². The van der Waals surface area contributed by atoms with Gasteiger partial charge in [-0.15, -0.1) is 0 Å². The summed E-state index contributed by atoms with van der Waals surface area (Å²) >= 11 is 0. The minimum atomic E-state index is -0.250. The molecule has 1 aromatic carbocycles. The summed E-state index contributed by atoms with van der Waals surface area (Å²) in [5, 5.41) is 13.8. The van der Waals surface area contributed by atoms with Gasteiger partial charge in [0.25, 0.3) is 12.9 Å². The quantitative estimate of drug-likeness (QED) is 0.722. The van der Waals surface area contributed by atoms with E-state index in [1.165, 1.54) is 11.1 Å². The molecule has 0 saturated carbocycles. The van der Waals surface area contributed by atoms with E-state index in [1.807, 2.05) is 18.7 Å². The average molecular weight is 365 g/mol. The number of rotatable bonds is 7. The first-order chi connectivity index (χ1) is 12.5. The molecule has 8 heteroatoms. The third-order valence-corrected chi connectivity index (χ3v) is 3.36. The molecule has 2 aromatic rings. The van der Waals surface area contributed by atoms with Crippen LogP contribution in [0.25, 0.3) is 0 Å². The lowest BCUT2D eigenvalue weighted by molar-refractivity contribution is -0.123. The van der Waals surface area contributed by atoms with Crippen LogP contribution in [0.1, 0.15) is 11.1 Å². The number of aryl methyl sites for hydroxylation is 2. The van der Waals surface area contributed by atoms with Gasteiger partial charge in [-0.25, -0.2) is 4.98 Å². The highest BCUT2D eigenvalue weighted by Gasteiger charge is 2.02. The predicted octanol–water partition coefficient (Wildman–Crippen LogP) is 1.91. The summed E-state index contributed by atoms with van der Waals surface area (Å²) in [5.74, 6) is 0.985. The van der Waals surface area contributed by atoms with E-state index in [4.69, 9.17) is 24.5 Å². The van der Waals surface area contributed by atoms with E-state index in [-0.39, 0.29) is 12.9 Å². The third kappa shape index (κ3) is 10.8. The molecule has 0 aliphatic heterocycles. The van der Waals surface area contributed by atoms with Crippen molar-refractivity contribution in [3.05, 3.63) is 48.0 Å². The minimum Gasteiger partial charge on any atom is -0.492 e. The zero-order chi connectivity index (χ0) is 19.8. The van der Waals surface area contributed by atoms with Crippen LogP contribution in [0, 0.1) is 13.8 Å². The molecule has 0 fully saturated rings. The summed E-state index contributed by atoms with van der Waals surface area (Å²) in [4.78, 5) is 23.0. The van der Waals surface area contributed by atoms with E-state index < -0.39 is 0 Å². The maximum Gasteiger partial charge on any atom is 0.290 e. The SMILES string of the molecule is Cc1ccc(OCCN(C)CCn2ccnc2)c(C)c1.O=CO.O=CO. The highest BCUT2D eigenvalue weighted by molar-refractivity contribution is 5.35. The van der Waals surface area contributed by atoms with Crippen LogP contribution >= 0.6 is 0 Å². The lowest BCUT2D eigenvalue weighted by Gasteiger charge is -2.17. The number of ether oxygens (including phenoxy) is 1. The zero-order valence-electron chi connectivity index (χ0n) is 15.4. The van der Waals surface area contributed by atoms with Crippen molar-refractivity contribution >= 4 is 12.9 Å². The van der Waals surface area contributed by atoms with Crippen LogP contribution in [-0.4, -0.2) is 64.4 Å². The molecule has 0 atom stereocenters. The highest BCUT2D eigenvalue weighted by atomic mass is 16.5. The molecular weight excluding hydrogens is 338 g/mol. The first kappa shape index (κ1) is 23.1. The second-order valence-corrected chi connectivity index (χ2v) is 5.43. The Morgan fingerprint density at radius 3 is 2.38 bits per heavy atom. The van der Waals surface area contributed by atoms with Crippen LogP contribution in [0.15, 0.2) is 36.9 Å². The van der Waals surface area contributed by atoms with Gasteiger partial charge in [0.05, 0.1) is 6.33 Å². The van der Waals surface area contributed by atoms with Crippen LogP contribution in [-0.2, 0) is 16.1 Å². The van der Waals surface area contributed by atoms with Gasteiger partial charge < -0.3 is 24.4 Å². The molecule has 2 N–H and O–H groups in total. The van der Waals surface area contributed by atoms with Crippen LogP contribution in [0.2, 0.25) is 0 Å². The highest BCUT2D eigenvalue weighted by Crippen LogP contribution is 2.18. The van der Waals surface area contributed by atoms with E-state index in [1.54, 1.807) is 0 Å². The Morgan fingerprint density at radius 2 is 1.85 bits per heavy atom. The topological polar surface area (TPSA) is 105 Å². The van der Waals surface area contributed by atoms with Crippen molar-refractivity contribution in [2.45, 2.75) is 20.4 Å². The zero-order valence-corrected chi connectivity index (χ0v) is 15.4. The van der Waals surface area contributed by atoms with Crippen LogP contribution in [0.5, 0.6) is 5.75 Å². The Balaban J connectivity index is 0.000000918. The molecule has 26 heavy (non-hydrogen) atoms. The number of hydrogen-bond acceptors (Lipinski definition) is 5. The number of hydrogen-bond donors (Lipinski definition) is 2. The van der Waals surface area contributed by atoms with Crippen molar-refractivity contribution in [1.29, 1.82) is 0 Å². The van der Waals surface area contributed by atoms with Gasteiger partial charge in [-0.2, -0.15) is 0 Å². The number of benzene rings is 1. The van der Waals surface area contributed by atoms with Gasteiger partial charge in [0.2, 0.25) is 0 Å². The minimum absolute atomic E-state index is 0.250.